The number of likely N-dealkylation sites (N-methyl/N-ethyl adjacent to an activating group) is 1. The van der Waals surface area contributed by atoms with Crippen molar-refractivity contribution in [2.24, 2.45) is 0 Å². The van der Waals surface area contributed by atoms with Gasteiger partial charge in [0, 0.05) is 39.3 Å². The van der Waals surface area contributed by atoms with Gasteiger partial charge in [-0.2, -0.15) is 0 Å². The second kappa shape index (κ2) is 7.34. The molecule has 1 aromatic rings. The molecule has 1 saturated heterocycles. The lowest BCUT2D eigenvalue weighted by Crippen LogP contribution is -2.48. The Bertz CT molecular complexity index is 404. The van der Waals surface area contributed by atoms with Gasteiger partial charge in [-0.1, -0.05) is 36.2 Å². The predicted octanol–water partition coefficient (Wildman–Crippen LogP) is 2.72. The summed E-state index contributed by atoms with van der Waals surface area (Å²) < 4.78 is 0. The van der Waals surface area contributed by atoms with Crippen molar-refractivity contribution in [1.29, 1.82) is 0 Å². The van der Waals surface area contributed by atoms with Crippen LogP contribution in [0.15, 0.2) is 18.2 Å². The van der Waals surface area contributed by atoms with Crippen molar-refractivity contribution >= 4 is 28.9 Å². The summed E-state index contributed by atoms with van der Waals surface area (Å²) in [4.78, 5) is 4.80. The minimum atomic E-state index is 0.633. The fourth-order valence-electron chi connectivity index (χ4n) is 2.36. The molecule has 1 aliphatic heterocycles. The van der Waals surface area contributed by atoms with Crippen molar-refractivity contribution in [3.63, 3.8) is 0 Å². The number of piperazine rings is 1. The SMILES string of the molecule is CCNCCN1CCN(c2cccc(Cl)c2Cl)CC1. The van der Waals surface area contributed by atoms with E-state index in [1.54, 1.807) is 0 Å². The first kappa shape index (κ1) is 14.9. The Morgan fingerprint density at radius 3 is 2.58 bits per heavy atom. The van der Waals surface area contributed by atoms with Crippen LogP contribution >= 0.6 is 23.2 Å². The zero-order chi connectivity index (χ0) is 13.7. The Balaban J connectivity index is 1.87. The maximum absolute atomic E-state index is 6.27. The van der Waals surface area contributed by atoms with Crippen LogP contribution in [0.4, 0.5) is 5.69 Å². The molecule has 0 spiro atoms. The van der Waals surface area contributed by atoms with E-state index in [-0.39, 0.29) is 0 Å². The van der Waals surface area contributed by atoms with Crippen molar-refractivity contribution in [2.45, 2.75) is 6.92 Å². The molecule has 1 fully saturated rings. The van der Waals surface area contributed by atoms with E-state index in [2.05, 4.69) is 22.0 Å². The molecule has 0 aromatic heterocycles. The van der Waals surface area contributed by atoms with E-state index in [1.807, 2.05) is 18.2 Å². The van der Waals surface area contributed by atoms with Gasteiger partial charge in [0.05, 0.1) is 15.7 Å². The highest BCUT2D eigenvalue weighted by Crippen LogP contribution is 2.32. The van der Waals surface area contributed by atoms with Gasteiger partial charge in [-0.25, -0.2) is 0 Å². The van der Waals surface area contributed by atoms with E-state index in [9.17, 15) is 0 Å². The number of rotatable bonds is 5. The third-order valence-electron chi connectivity index (χ3n) is 3.50. The molecule has 5 heteroatoms. The molecule has 1 heterocycles. The first-order valence-electron chi connectivity index (χ1n) is 6.84. The van der Waals surface area contributed by atoms with Crippen LogP contribution in [-0.2, 0) is 0 Å². The molecular weight excluding hydrogens is 281 g/mol. The maximum Gasteiger partial charge on any atom is 0.0825 e. The summed E-state index contributed by atoms with van der Waals surface area (Å²) in [6.07, 6.45) is 0. The van der Waals surface area contributed by atoms with Crippen molar-refractivity contribution in [2.75, 3.05) is 50.7 Å². The Labute approximate surface area is 125 Å². The van der Waals surface area contributed by atoms with E-state index in [1.165, 1.54) is 0 Å². The van der Waals surface area contributed by atoms with Gasteiger partial charge in [0.1, 0.15) is 0 Å². The second-order valence-corrected chi connectivity index (χ2v) is 5.54. The second-order valence-electron chi connectivity index (χ2n) is 4.76. The molecule has 0 atom stereocenters. The van der Waals surface area contributed by atoms with Crippen LogP contribution in [0.3, 0.4) is 0 Å². The molecule has 0 amide bonds. The third-order valence-corrected chi connectivity index (χ3v) is 4.31. The molecule has 3 nitrogen and oxygen atoms in total. The van der Waals surface area contributed by atoms with E-state index in [4.69, 9.17) is 23.2 Å². The van der Waals surface area contributed by atoms with Crippen molar-refractivity contribution in [1.82, 2.24) is 10.2 Å². The standard InChI is InChI=1S/C14H21Cl2N3/c1-2-17-6-7-18-8-10-19(11-9-18)13-5-3-4-12(15)14(13)16/h3-5,17H,2,6-11H2,1H3. The maximum atomic E-state index is 6.27. The quantitative estimate of drug-likeness (QED) is 0.844. The summed E-state index contributed by atoms with van der Waals surface area (Å²) in [5.74, 6) is 0. The van der Waals surface area contributed by atoms with Crippen LogP contribution in [0.25, 0.3) is 0 Å². The summed E-state index contributed by atoms with van der Waals surface area (Å²) in [5, 5.41) is 4.67. The fourth-order valence-corrected chi connectivity index (χ4v) is 2.78. The molecule has 0 aliphatic carbocycles. The Morgan fingerprint density at radius 1 is 1.16 bits per heavy atom. The van der Waals surface area contributed by atoms with Gasteiger partial charge in [-0.05, 0) is 18.7 Å². The van der Waals surface area contributed by atoms with E-state index in [0.29, 0.717) is 10.0 Å². The third kappa shape index (κ3) is 3.99. The Hall–Kier alpha value is -0.480. The topological polar surface area (TPSA) is 18.5 Å². The molecule has 19 heavy (non-hydrogen) atoms. The summed E-state index contributed by atoms with van der Waals surface area (Å²) in [5.41, 5.74) is 1.06. The summed E-state index contributed by atoms with van der Waals surface area (Å²) in [6.45, 7) is 9.53. The highest BCUT2D eigenvalue weighted by atomic mass is 35.5. The van der Waals surface area contributed by atoms with Crippen LogP contribution in [0.1, 0.15) is 6.92 Å². The largest absolute Gasteiger partial charge is 0.368 e. The highest BCUT2D eigenvalue weighted by Gasteiger charge is 2.19. The molecule has 0 radical (unpaired) electrons. The zero-order valence-corrected chi connectivity index (χ0v) is 12.8. The minimum absolute atomic E-state index is 0.633. The highest BCUT2D eigenvalue weighted by molar-refractivity contribution is 6.43. The van der Waals surface area contributed by atoms with Crippen molar-refractivity contribution in [3.05, 3.63) is 28.2 Å². The van der Waals surface area contributed by atoms with Crippen LogP contribution in [0.5, 0.6) is 0 Å². The van der Waals surface area contributed by atoms with Gasteiger partial charge in [-0.3, -0.25) is 4.90 Å². The van der Waals surface area contributed by atoms with Gasteiger partial charge in [0.2, 0.25) is 0 Å². The lowest BCUT2D eigenvalue weighted by Gasteiger charge is -2.36. The molecule has 106 valence electrons. The number of anilines is 1. The number of nitrogens with one attached hydrogen (secondary N) is 1. The summed E-state index contributed by atoms with van der Waals surface area (Å²) in [6, 6.07) is 5.84. The number of benzene rings is 1. The molecule has 1 aromatic carbocycles. The van der Waals surface area contributed by atoms with Gasteiger partial charge >= 0.3 is 0 Å². The van der Waals surface area contributed by atoms with E-state index >= 15 is 0 Å². The molecule has 1 N–H and O–H groups in total. The lowest BCUT2D eigenvalue weighted by atomic mass is 10.2. The average molecular weight is 302 g/mol. The summed E-state index contributed by atoms with van der Waals surface area (Å²) in [7, 11) is 0. The van der Waals surface area contributed by atoms with Crippen LogP contribution in [-0.4, -0.2) is 50.7 Å². The van der Waals surface area contributed by atoms with E-state index < -0.39 is 0 Å². The van der Waals surface area contributed by atoms with Gasteiger partial charge in [0.25, 0.3) is 0 Å². The molecule has 1 aliphatic rings. The number of hydrogen-bond acceptors (Lipinski definition) is 3. The first-order valence-corrected chi connectivity index (χ1v) is 7.60. The molecule has 0 bridgehead atoms. The number of hydrogen-bond donors (Lipinski definition) is 1. The van der Waals surface area contributed by atoms with Crippen LogP contribution in [0.2, 0.25) is 10.0 Å². The van der Waals surface area contributed by atoms with E-state index in [0.717, 1.165) is 51.5 Å². The molecule has 2 rings (SSSR count). The minimum Gasteiger partial charge on any atom is -0.368 e. The lowest BCUT2D eigenvalue weighted by molar-refractivity contribution is 0.258. The zero-order valence-electron chi connectivity index (χ0n) is 11.3. The fraction of sp³-hybridized carbons (Fsp3) is 0.571. The molecule has 0 saturated carbocycles. The van der Waals surface area contributed by atoms with Gasteiger partial charge < -0.3 is 10.2 Å². The van der Waals surface area contributed by atoms with Crippen molar-refractivity contribution < 1.29 is 0 Å². The number of halogens is 2. The van der Waals surface area contributed by atoms with Crippen molar-refractivity contribution in [3.8, 4) is 0 Å². The number of nitrogens with zero attached hydrogens (tertiary/aromatic N) is 2. The van der Waals surface area contributed by atoms with Gasteiger partial charge in [-0.15, -0.1) is 0 Å². The molecule has 0 unspecified atom stereocenters. The monoisotopic (exact) mass is 301 g/mol. The first-order chi connectivity index (χ1) is 9.22. The van der Waals surface area contributed by atoms with Crippen LogP contribution in [0, 0.1) is 0 Å². The Kier molecular flexibility index (Phi) is 5.76. The van der Waals surface area contributed by atoms with Crippen LogP contribution < -0.4 is 10.2 Å². The van der Waals surface area contributed by atoms with Gasteiger partial charge in [0.15, 0.2) is 0 Å². The Morgan fingerprint density at radius 2 is 1.89 bits per heavy atom. The predicted molar refractivity (Wildman–Crippen MR) is 83.7 cm³/mol. The normalized spacial score (nSPS) is 16.9. The smallest absolute Gasteiger partial charge is 0.0825 e. The summed E-state index contributed by atoms with van der Waals surface area (Å²) >= 11 is 12.3. The molecular formula is C14H21Cl2N3. The average Bonchev–Trinajstić information content (AvgIpc) is 2.43.